The molecule has 0 heterocycles. The van der Waals surface area contributed by atoms with Gasteiger partial charge in [0.1, 0.15) is 17.3 Å². The average molecular weight is 298 g/mol. The molecule has 0 aromatic heterocycles. The number of benzene rings is 2. The van der Waals surface area contributed by atoms with Gasteiger partial charge in [0, 0.05) is 18.4 Å². The van der Waals surface area contributed by atoms with Crippen LogP contribution in [0, 0.1) is 0 Å². The van der Waals surface area contributed by atoms with Crippen LogP contribution in [-0.4, -0.2) is 18.0 Å². The van der Waals surface area contributed by atoms with Crippen molar-refractivity contribution in [3.8, 4) is 22.6 Å². The van der Waals surface area contributed by atoms with Crippen molar-refractivity contribution in [2.24, 2.45) is 0 Å². The Labute approximate surface area is 131 Å². The fourth-order valence-electron chi connectivity index (χ4n) is 2.56. The molecule has 116 valence electrons. The molecule has 0 aliphatic rings. The third-order valence-corrected chi connectivity index (χ3v) is 3.71. The van der Waals surface area contributed by atoms with Crippen LogP contribution in [0.2, 0.25) is 0 Å². The molecule has 0 bridgehead atoms. The lowest BCUT2D eigenvalue weighted by molar-refractivity contribution is -0.119. The molecule has 2 rings (SSSR count). The molecule has 0 saturated heterocycles. The van der Waals surface area contributed by atoms with Crippen molar-refractivity contribution in [3.63, 3.8) is 0 Å². The number of hydrogen-bond donors (Lipinski definition) is 1. The van der Waals surface area contributed by atoms with Crippen LogP contribution in [0.15, 0.2) is 42.5 Å². The number of ether oxygens (including phenoxy) is 1. The van der Waals surface area contributed by atoms with Gasteiger partial charge in [-0.05, 0) is 42.2 Å². The van der Waals surface area contributed by atoms with E-state index in [9.17, 15) is 9.90 Å². The van der Waals surface area contributed by atoms with Crippen molar-refractivity contribution in [2.75, 3.05) is 7.11 Å². The normalized spacial score (nSPS) is 10.5. The predicted molar refractivity (Wildman–Crippen MR) is 88.3 cm³/mol. The quantitative estimate of drug-likeness (QED) is 0.825. The molecule has 1 N–H and O–H groups in total. The molecule has 3 nitrogen and oxygen atoms in total. The Hall–Kier alpha value is -2.29. The van der Waals surface area contributed by atoms with E-state index in [4.69, 9.17) is 4.74 Å². The van der Waals surface area contributed by atoms with Gasteiger partial charge >= 0.3 is 0 Å². The number of rotatable bonds is 7. The Morgan fingerprint density at radius 2 is 1.82 bits per heavy atom. The highest BCUT2D eigenvalue weighted by molar-refractivity contribution is 5.80. The minimum atomic E-state index is 0.241. The molecule has 0 spiro atoms. The van der Waals surface area contributed by atoms with Crippen molar-refractivity contribution in [1.29, 1.82) is 0 Å². The van der Waals surface area contributed by atoms with Gasteiger partial charge in [0.25, 0.3) is 0 Å². The van der Waals surface area contributed by atoms with E-state index in [1.54, 1.807) is 13.2 Å². The topological polar surface area (TPSA) is 46.5 Å². The maximum atomic E-state index is 11.8. The first kappa shape index (κ1) is 16.1. The molecule has 0 fully saturated rings. The molecule has 0 aliphatic heterocycles. The summed E-state index contributed by atoms with van der Waals surface area (Å²) in [6, 6.07) is 13.1. The van der Waals surface area contributed by atoms with Gasteiger partial charge in [-0.1, -0.05) is 31.2 Å². The van der Waals surface area contributed by atoms with E-state index >= 15 is 0 Å². The molecule has 0 atom stereocenters. The van der Waals surface area contributed by atoms with Gasteiger partial charge in [-0.25, -0.2) is 0 Å². The summed E-state index contributed by atoms with van der Waals surface area (Å²) in [7, 11) is 1.62. The van der Waals surface area contributed by atoms with Crippen molar-refractivity contribution in [3.05, 3.63) is 48.0 Å². The summed E-state index contributed by atoms with van der Waals surface area (Å²) in [5.74, 6) is 1.29. The number of ketones is 1. The summed E-state index contributed by atoms with van der Waals surface area (Å²) in [5.41, 5.74) is 2.72. The zero-order chi connectivity index (χ0) is 15.9. The first-order valence-corrected chi connectivity index (χ1v) is 7.62. The molecule has 0 unspecified atom stereocenters. The minimum Gasteiger partial charge on any atom is -0.507 e. The van der Waals surface area contributed by atoms with Crippen molar-refractivity contribution >= 4 is 5.78 Å². The van der Waals surface area contributed by atoms with E-state index in [-0.39, 0.29) is 11.5 Å². The van der Waals surface area contributed by atoms with Crippen LogP contribution in [0.25, 0.3) is 11.1 Å². The zero-order valence-corrected chi connectivity index (χ0v) is 13.1. The van der Waals surface area contributed by atoms with Crippen LogP contribution in [0.1, 0.15) is 31.7 Å². The largest absolute Gasteiger partial charge is 0.507 e. The Morgan fingerprint density at radius 1 is 1.09 bits per heavy atom. The number of carbonyl (C=O) groups excluding carboxylic acids is 1. The van der Waals surface area contributed by atoms with Gasteiger partial charge in [0.2, 0.25) is 0 Å². The van der Waals surface area contributed by atoms with Gasteiger partial charge in [0.15, 0.2) is 0 Å². The first-order valence-electron chi connectivity index (χ1n) is 7.62. The SMILES string of the molecule is CCCC(=O)CCc1cccc(O)c1-c1ccc(OC)cc1. The molecular weight excluding hydrogens is 276 g/mol. The molecule has 2 aromatic rings. The highest BCUT2D eigenvalue weighted by Crippen LogP contribution is 2.34. The van der Waals surface area contributed by atoms with Crippen LogP contribution in [-0.2, 0) is 11.2 Å². The van der Waals surface area contributed by atoms with E-state index in [2.05, 4.69) is 0 Å². The summed E-state index contributed by atoms with van der Waals surface area (Å²) in [6.45, 7) is 2.01. The molecule has 0 radical (unpaired) electrons. The Kier molecular flexibility index (Phi) is 5.59. The highest BCUT2D eigenvalue weighted by Gasteiger charge is 2.12. The van der Waals surface area contributed by atoms with E-state index in [1.165, 1.54) is 0 Å². The van der Waals surface area contributed by atoms with Gasteiger partial charge in [-0.2, -0.15) is 0 Å². The number of aromatic hydroxyl groups is 1. The van der Waals surface area contributed by atoms with E-state index in [1.807, 2.05) is 43.3 Å². The monoisotopic (exact) mass is 298 g/mol. The smallest absolute Gasteiger partial charge is 0.133 e. The molecule has 0 aliphatic carbocycles. The number of carbonyl (C=O) groups is 1. The zero-order valence-electron chi connectivity index (χ0n) is 13.1. The first-order chi connectivity index (χ1) is 10.7. The number of aryl methyl sites for hydroxylation is 1. The number of Topliss-reactive ketones (excluding diaryl/α,β-unsaturated/α-hetero) is 1. The van der Waals surface area contributed by atoms with E-state index < -0.39 is 0 Å². The van der Waals surface area contributed by atoms with Crippen molar-refractivity contribution in [2.45, 2.75) is 32.6 Å². The minimum absolute atomic E-state index is 0.241. The summed E-state index contributed by atoms with van der Waals surface area (Å²) in [6.07, 6.45) is 2.66. The standard InChI is InChI=1S/C19H22O3/c1-3-5-16(20)11-8-14-6-4-7-18(21)19(14)15-9-12-17(22-2)13-10-15/h4,6-7,9-10,12-13,21H,3,5,8,11H2,1-2H3. The van der Waals surface area contributed by atoms with Crippen LogP contribution in [0.4, 0.5) is 0 Å². The van der Waals surface area contributed by atoms with Crippen LogP contribution < -0.4 is 4.74 Å². The van der Waals surface area contributed by atoms with Gasteiger partial charge in [0.05, 0.1) is 7.11 Å². The molecule has 3 heteroatoms. The van der Waals surface area contributed by atoms with Gasteiger partial charge in [-0.3, -0.25) is 4.79 Å². The maximum Gasteiger partial charge on any atom is 0.133 e. The lowest BCUT2D eigenvalue weighted by atomic mass is 9.94. The number of hydrogen-bond acceptors (Lipinski definition) is 3. The summed E-state index contributed by atoms with van der Waals surface area (Å²) in [5, 5.41) is 10.2. The summed E-state index contributed by atoms with van der Waals surface area (Å²) < 4.78 is 5.16. The maximum absolute atomic E-state index is 11.8. The molecule has 22 heavy (non-hydrogen) atoms. The summed E-state index contributed by atoms with van der Waals surface area (Å²) in [4.78, 5) is 11.8. The van der Waals surface area contributed by atoms with Crippen molar-refractivity contribution in [1.82, 2.24) is 0 Å². The van der Waals surface area contributed by atoms with Crippen LogP contribution >= 0.6 is 0 Å². The fraction of sp³-hybridized carbons (Fsp3) is 0.316. The van der Waals surface area contributed by atoms with E-state index in [0.717, 1.165) is 28.9 Å². The highest BCUT2D eigenvalue weighted by atomic mass is 16.5. The van der Waals surface area contributed by atoms with E-state index in [0.29, 0.717) is 19.3 Å². The lowest BCUT2D eigenvalue weighted by Crippen LogP contribution is -2.00. The Balaban J connectivity index is 2.27. The Morgan fingerprint density at radius 3 is 2.45 bits per heavy atom. The second kappa shape index (κ2) is 7.64. The number of methoxy groups -OCH3 is 1. The summed E-state index contributed by atoms with van der Waals surface area (Å²) >= 11 is 0. The third kappa shape index (κ3) is 3.88. The molecular formula is C19H22O3. The Bertz CT molecular complexity index is 630. The number of phenols is 1. The second-order valence-electron chi connectivity index (χ2n) is 5.33. The van der Waals surface area contributed by atoms with Gasteiger partial charge < -0.3 is 9.84 Å². The van der Waals surface area contributed by atoms with Crippen LogP contribution in [0.3, 0.4) is 0 Å². The predicted octanol–water partition coefficient (Wildman–Crippen LogP) is 4.37. The third-order valence-electron chi connectivity index (χ3n) is 3.71. The number of phenolic OH excluding ortho intramolecular Hbond substituents is 1. The van der Waals surface area contributed by atoms with Crippen LogP contribution in [0.5, 0.6) is 11.5 Å². The second-order valence-corrected chi connectivity index (χ2v) is 5.33. The lowest BCUT2D eigenvalue weighted by Gasteiger charge is -2.12. The van der Waals surface area contributed by atoms with Gasteiger partial charge in [-0.15, -0.1) is 0 Å². The molecule has 0 amide bonds. The average Bonchev–Trinajstić information content (AvgIpc) is 2.53. The molecule has 2 aromatic carbocycles. The van der Waals surface area contributed by atoms with Crippen molar-refractivity contribution < 1.29 is 14.6 Å². The fourth-order valence-corrected chi connectivity index (χ4v) is 2.56. The molecule has 0 saturated carbocycles.